The molecule has 0 saturated carbocycles. The highest BCUT2D eigenvalue weighted by atomic mass is 32.1. The Balaban J connectivity index is 1.94. The zero-order chi connectivity index (χ0) is 14.5. The Hall–Kier alpha value is -1.80. The van der Waals surface area contributed by atoms with Crippen molar-refractivity contribution >= 4 is 28.7 Å². The van der Waals surface area contributed by atoms with Crippen molar-refractivity contribution in [2.75, 3.05) is 18.5 Å². The molecule has 0 bridgehead atoms. The van der Waals surface area contributed by atoms with Crippen molar-refractivity contribution < 1.29 is 14.1 Å². The lowest BCUT2D eigenvalue weighted by Crippen LogP contribution is -2.34. The third-order valence-electron chi connectivity index (χ3n) is 2.92. The predicted molar refractivity (Wildman–Crippen MR) is 76.3 cm³/mol. The van der Waals surface area contributed by atoms with Gasteiger partial charge < -0.3 is 15.4 Å². The molecule has 1 aromatic carbocycles. The van der Waals surface area contributed by atoms with Crippen LogP contribution in [-0.4, -0.2) is 29.3 Å². The molecule has 2 rings (SSSR count). The zero-order valence-electron chi connectivity index (χ0n) is 10.6. The molecule has 1 fully saturated rings. The number of ether oxygens (including phenoxy) is 1. The molecule has 0 aliphatic carbocycles. The zero-order valence-corrected chi connectivity index (χ0v) is 11.4. The average Bonchev–Trinajstić information content (AvgIpc) is 2.91. The summed E-state index contributed by atoms with van der Waals surface area (Å²) in [5.74, 6) is -0.666. The molecule has 8 heteroatoms. The van der Waals surface area contributed by atoms with Crippen molar-refractivity contribution in [3.05, 3.63) is 34.1 Å². The maximum Gasteiger partial charge on any atom is 0.295 e. The average molecular weight is 299 g/mol. The molecule has 108 valence electrons. The first-order valence-electron chi connectivity index (χ1n) is 6.16. The number of halogens is 1. The Morgan fingerprint density at radius 2 is 2.40 bits per heavy atom. The number of benzene rings is 1. The standard InChI is InChI=1S/C12H14FN3O3S/c13-8-3-4-10(11(6-8)16(17)18)15-12(20)14-7-9-2-1-5-19-9/h3-4,6,9H,1-2,5,7H2,(H2,14,15,20)/t9-/m1/s1. The van der Waals surface area contributed by atoms with Crippen LogP contribution in [0.15, 0.2) is 18.2 Å². The van der Waals surface area contributed by atoms with Gasteiger partial charge in [-0.2, -0.15) is 0 Å². The van der Waals surface area contributed by atoms with Crippen LogP contribution in [0.1, 0.15) is 12.8 Å². The molecule has 0 radical (unpaired) electrons. The SMILES string of the molecule is O=[N+]([O-])c1cc(F)ccc1NC(=S)NC[C@H]1CCCO1. The van der Waals surface area contributed by atoms with E-state index in [-0.39, 0.29) is 22.6 Å². The molecule has 0 aromatic heterocycles. The second-order valence-electron chi connectivity index (χ2n) is 4.39. The van der Waals surface area contributed by atoms with Gasteiger partial charge in [0.05, 0.1) is 17.1 Å². The van der Waals surface area contributed by atoms with Gasteiger partial charge in [-0.1, -0.05) is 0 Å². The summed E-state index contributed by atoms with van der Waals surface area (Å²) in [5, 5.41) is 16.7. The summed E-state index contributed by atoms with van der Waals surface area (Å²) in [6.45, 7) is 1.29. The number of anilines is 1. The van der Waals surface area contributed by atoms with Gasteiger partial charge in [-0.15, -0.1) is 0 Å². The van der Waals surface area contributed by atoms with E-state index in [2.05, 4.69) is 10.6 Å². The normalized spacial score (nSPS) is 17.8. The van der Waals surface area contributed by atoms with Gasteiger partial charge in [0.15, 0.2) is 5.11 Å². The second-order valence-corrected chi connectivity index (χ2v) is 4.80. The summed E-state index contributed by atoms with van der Waals surface area (Å²) in [7, 11) is 0. The van der Waals surface area contributed by atoms with Crippen LogP contribution in [0, 0.1) is 15.9 Å². The lowest BCUT2D eigenvalue weighted by molar-refractivity contribution is -0.384. The van der Waals surface area contributed by atoms with Crippen LogP contribution in [0.5, 0.6) is 0 Å². The molecule has 0 amide bonds. The Labute approximate surface area is 120 Å². The van der Waals surface area contributed by atoms with Gasteiger partial charge in [0.25, 0.3) is 5.69 Å². The monoisotopic (exact) mass is 299 g/mol. The van der Waals surface area contributed by atoms with E-state index in [1.165, 1.54) is 6.07 Å². The van der Waals surface area contributed by atoms with Crippen LogP contribution in [0.4, 0.5) is 15.8 Å². The van der Waals surface area contributed by atoms with Crippen LogP contribution >= 0.6 is 12.2 Å². The molecular weight excluding hydrogens is 285 g/mol. The number of hydrogen-bond donors (Lipinski definition) is 2. The largest absolute Gasteiger partial charge is 0.376 e. The van der Waals surface area contributed by atoms with Gasteiger partial charge in [-0.3, -0.25) is 10.1 Å². The molecule has 1 heterocycles. The Kier molecular flexibility index (Phi) is 4.80. The molecule has 0 unspecified atom stereocenters. The summed E-state index contributed by atoms with van der Waals surface area (Å²) >= 11 is 5.06. The van der Waals surface area contributed by atoms with E-state index in [0.29, 0.717) is 6.54 Å². The van der Waals surface area contributed by atoms with E-state index in [1.54, 1.807) is 0 Å². The summed E-state index contributed by atoms with van der Waals surface area (Å²) in [5.41, 5.74) is -0.201. The smallest absolute Gasteiger partial charge is 0.295 e. The van der Waals surface area contributed by atoms with Gasteiger partial charge in [0, 0.05) is 13.2 Å². The Bertz CT molecular complexity index is 521. The topological polar surface area (TPSA) is 76.4 Å². The van der Waals surface area contributed by atoms with Gasteiger partial charge in [-0.25, -0.2) is 4.39 Å². The van der Waals surface area contributed by atoms with E-state index in [1.807, 2.05) is 0 Å². The molecule has 1 saturated heterocycles. The summed E-state index contributed by atoms with van der Waals surface area (Å²) in [6.07, 6.45) is 2.10. The highest BCUT2D eigenvalue weighted by molar-refractivity contribution is 7.80. The number of nitrogens with zero attached hydrogens (tertiary/aromatic N) is 1. The van der Waals surface area contributed by atoms with E-state index in [4.69, 9.17) is 17.0 Å². The van der Waals surface area contributed by atoms with Crippen molar-refractivity contribution in [2.45, 2.75) is 18.9 Å². The fourth-order valence-electron chi connectivity index (χ4n) is 1.94. The number of nitro benzene ring substituents is 1. The summed E-state index contributed by atoms with van der Waals surface area (Å²) in [4.78, 5) is 10.2. The van der Waals surface area contributed by atoms with E-state index >= 15 is 0 Å². The summed E-state index contributed by atoms with van der Waals surface area (Å²) < 4.78 is 18.4. The minimum Gasteiger partial charge on any atom is -0.376 e. The molecule has 2 N–H and O–H groups in total. The lowest BCUT2D eigenvalue weighted by Gasteiger charge is -2.14. The van der Waals surface area contributed by atoms with Crippen LogP contribution in [-0.2, 0) is 4.74 Å². The lowest BCUT2D eigenvalue weighted by atomic mass is 10.2. The fraction of sp³-hybridized carbons (Fsp3) is 0.417. The number of hydrogen-bond acceptors (Lipinski definition) is 4. The molecule has 1 aliphatic rings. The third kappa shape index (κ3) is 3.84. The van der Waals surface area contributed by atoms with Crippen molar-refractivity contribution in [3.63, 3.8) is 0 Å². The highest BCUT2D eigenvalue weighted by Gasteiger charge is 2.18. The predicted octanol–water partition coefficient (Wildman–Crippen LogP) is 2.20. The second kappa shape index (κ2) is 6.58. The molecule has 6 nitrogen and oxygen atoms in total. The van der Waals surface area contributed by atoms with Crippen molar-refractivity contribution in [3.8, 4) is 0 Å². The van der Waals surface area contributed by atoms with Gasteiger partial charge in [0.1, 0.15) is 11.5 Å². The van der Waals surface area contributed by atoms with E-state index in [0.717, 1.165) is 31.6 Å². The molecule has 1 aromatic rings. The highest BCUT2D eigenvalue weighted by Crippen LogP contribution is 2.24. The van der Waals surface area contributed by atoms with Gasteiger partial charge in [-0.05, 0) is 37.2 Å². The number of nitrogens with one attached hydrogen (secondary N) is 2. The van der Waals surface area contributed by atoms with E-state index in [9.17, 15) is 14.5 Å². The fourth-order valence-corrected chi connectivity index (χ4v) is 2.13. The first-order chi connectivity index (χ1) is 9.56. The minimum atomic E-state index is -0.666. The number of nitro groups is 1. The molecule has 1 atom stereocenters. The van der Waals surface area contributed by atoms with Gasteiger partial charge in [0.2, 0.25) is 0 Å². The molecular formula is C12H14FN3O3S. The number of thiocarbonyl (C=S) groups is 1. The van der Waals surface area contributed by atoms with Crippen molar-refractivity contribution in [2.24, 2.45) is 0 Å². The first kappa shape index (κ1) is 14.6. The number of rotatable bonds is 4. The third-order valence-corrected chi connectivity index (χ3v) is 3.17. The van der Waals surface area contributed by atoms with Crippen molar-refractivity contribution in [1.29, 1.82) is 0 Å². The minimum absolute atomic E-state index is 0.109. The molecule has 1 aliphatic heterocycles. The van der Waals surface area contributed by atoms with Crippen LogP contribution in [0.3, 0.4) is 0 Å². The summed E-state index contributed by atoms with van der Waals surface area (Å²) in [6, 6.07) is 3.27. The Morgan fingerprint density at radius 3 is 3.05 bits per heavy atom. The molecule has 0 spiro atoms. The van der Waals surface area contributed by atoms with Crippen LogP contribution < -0.4 is 10.6 Å². The van der Waals surface area contributed by atoms with Crippen LogP contribution in [0.25, 0.3) is 0 Å². The molecule has 20 heavy (non-hydrogen) atoms. The maximum absolute atomic E-state index is 13.0. The van der Waals surface area contributed by atoms with E-state index < -0.39 is 10.7 Å². The van der Waals surface area contributed by atoms with Crippen LogP contribution in [0.2, 0.25) is 0 Å². The Morgan fingerprint density at radius 1 is 1.60 bits per heavy atom. The maximum atomic E-state index is 13.0. The van der Waals surface area contributed by atoms with Gasteiger partial charge >= 0.3 is 0 Å². The van der Waals surface area contributed by atoms with Crippen molar-refractivity contribution in [1.82, 2.24) is 5.32 Å². The first-order valence-corrected chi connectivity index (χ1v) is 6.57. The quantitative estimate of drug-likeness (QED) is 0.504.